The second-order valence-corrected chi connectivity index (χ2v) is 8.70. The van der Waals surface area contributed by atoms with Crippen molar-refractivity contribution in [2.45, 2.75) is 36.3 Å². The van der Waals surface area contributed by atoms with Crippen molar-refractivity contribution in [2.24, 2.45) is 0 Å². The Morgan fingerprint density at radius 3 is 2.86 bits per heavy atom. The fourth-order valence-electron chi connectivity index (χ4n) is 3.35. The zero-order valence-electron chi connectivity index (χ0n) is 15.4. The molecule has 0 N–H and O–H groups in total. The molecule has 1 fully saturated rings. The van der Waals surface area contributed by atoms with Gasteiger partial charge in [-0.3, -0.25) is 14.2 Å². The molecule has 1 aliphatic carbocycles. The highest BCUT2D eigenvalue weighted by Gasteiger charge is 2.28. The van der Waals surface area contributed by atoms with Crippen LogP contribution in [0.2, 0.25) is 0 Å². The largest absolute Gasteiger partial charge is 0.283 e. The molecule has 5 rings (SSSR count). The number of benzene rings is 1. The van der Waals surface area contributed by atoms with Gasteiger partial charge in [-0.15, -0.1) is 23.0 Å². The van der Waals surface area contributed by atoms with Gasteiger partial charge in [0, 0.05) is 6.54 Å². The third kappa shape index (κ3) is 3.20. The zero-order valence-corrected chi connectivity index (χ0v) is 17.1. The predicted octanol–water partition coefficient (Wildman–Crippen LogP) is 3.38. The van der Waals surface area contributed by atoms with Crippen LogP contribution in [0, 0.1) is 0 Å². The molecule has 146 valence electrons. The van der Waals surface area contributed by atoms with Crippen LogP contribution < -0.4 is 11.1 Å². The second kappa shape index (κ2) is 7.23. The smallest absolute Gasteiger partial charge is 0.278 e. The maximum atomic E-state index is 13.2. The van der Waals surface area contributed by atoms with Crippen LogP contribution in [0.4, 0.5) is 0 Å². The van der Waals surface area contributed by atoms with E-state index < -0.39 is 0 Å². The summed E-state index contributed by atoms with van der Waals surface area (Å²) in [6, 6.07) is 7.11. The third-order valence-electron chi connectivity index (χ3n) is 4.96. The molecule has 1 saturated carbocycles. The summed E-state index contributed by atoms with van der Waals surface area (Å²) in [6.45, 7) is 4.13. The summed E-state index contributed by atoms with van der Waals surface area (Å²) < 4.78 is 2.92. The minimum absolute atomic E-state index is 0.0440. The molecule has 9 heteroatoms. The summed E-state index contributed by atoms with van der Waals surface area (Å²) in [4.78, 5) is 31.3. The van der Waals surface area contributed by atoms with Crippen LogP contribution in [-0.4, -0.2) is 24.5 Å². The van der Waals surface area contributed by atoms with Crippen molar-refractivity contribution in [1.82, 2.24) is 24.5 Å². The van der Waals surface area contributed by atoms with Crippen LogP contribution in [-0.2, 0) is 12.4 Å². The SMILES string of the molecule is C=CCn1c(SCn2nnc3ccccc3c2=O)nc2scc(C3CC3)c2c1=O. The topological polar surface area (TPSA) is 82.7 Å². The molecule has 3 aromatic heterocycles. The van der Waals surface area contributed by atoms with Gasteiger partial charge < -0.3 is 0 Å². The number of hydrogen-bond donors (Lipinski definition) is 0. The molecular formula is C20H17N5O2S2. The molecular weight excluding hydrogens is 406 g/mol. The van der Waals surface area contributed by atoms with Crippen molar-refractivity contribution >= 4 is 44.2 Å². The highest BCUT2D eigenvalue weighted by Crippen LogP contribution is 2.44. The Kier molecular flexibility index (Phi) is 4.56. The summed E-state index contributed by atoms with van der Waals surface area (Å²) in [5.41, 5.74) is 1.42. The molecule has 0 aliphatic heterocycles. The number of allylic oxidation sites excluding steroid dienone is 1. The lowest BCUT2D eigenvalue weighted by atomic mass is 10.1. The lowest BCUT2D eigenvalue weighted by molar-refractivity contribution is 0.633. The highest BCUT2D eigenvalue weighted by atomic mass is 32.2. The zero-order chi connectivity index (χ0) is 20.0. The molecule has 1 aromatic carbocycles. The minimum atomic E-state index is -0.214. The van der Waals surface area contributed by atoms with E-state index in [9.17, 15) is 9.59 Å². The lowest BCUT2D eigenvalue weighted by Crippen LogP contribution is -2.25. The molecule has 7 nitrogen and oxygen atoms in total. The van der Waals surface area contributed by atoms with Crippen LogP contribution in [0.1, 0.15) is 24.3 Å². The van der Waals surface area contributed by atoms with Crippen LogP contribution in [0.5, 0.6) is 0 Å². The Bertz CT molecular complexity index is 1370. The molecule has 29 heavy (non-hydrogen) atoms. The molecule has 0 bridgehead atoms. The quantitative estimate of drug-likeness (QED) is 0.269. The number of aromatic nitrogens is 5. The van der Waals surface area contributed by atoms with Gasteiger partial charge in [0.2, 0.25) is 0 Å². The molecule has 1 aliphatic rings. The van der Waals surface area contributed by atoms with Crippen molar-refractivity contribution in [2.75, 3.05) is 0 Å². The van der Waals surface area contributed by atoms with Crippen LogP contribution in [0.3, 0.4) is 0 Å². The maximum Gasteiger partial charge on any atom is 0.278 e. The fourth-order valence-corrected chi connectivity index (χ4v) is 5.29. The standard InChI is InChI=1S/C20H17N5O2S2/c1-2-9-24-19(27)16-14(12-7-8-12)10-28-17(16)21-20(24)29-11-25-18(26)13-5-3-4-6-15(13)22-23-25/h2-6,10,12H,1,7-9,11H2. The Hall–Kier alpha value is -2.78. The first-order valence-electron chi connectivity index (χ1n) is 9.25. The molecule has 0 amide bonds. The fraction of sp³-hybridized carbons (Fsp3) is 0.250. The Labute approximate surface area is 173 Å². The number of nitrogens with zero attached hydrogens (tertiary/aromatic N) is 5. The molecule has 0 spiro atoms. The normalized spacial score (nSPS) is 13.9. The van der Waals surface area contributed by atoms with Crippen molar-refractivity contribution < 1.29 is 0 Å². The van der Waals surface area contributed by atoms with Crippen molar-refractivity contribution in [3.05, 3.63) is 68.6 Å². The Morgan fingerprint density at radius 1 is 1.24 bits per heavy atom. The summed E-state index contributed by atoms with van der Waals surface area (Å²) in [5, 5.41) is 12.0. The van der Waals surface area contributed by atoms with Crippen LogP contribution in [0.25, 0.3) is 21.1 Å². The van der Waals surface area contributed by atoms with Gasteiger partial charge in [0.1, 0.15) is 10.3 Å². The van der Waals surface area contributed by atoms with Gasteiger partial charge in [-0.25, -0.2) is 4.98 Å². The molecule has 4 aromatic rings. The molecule has 0 atom stereocenters. The second-order valence-electron chi connectivity index (χ2n) is 6.93. The van der Waals surface area contributed by atoms with Gasteiger partial charge in [0.05, 0.1) is 16.6 Å². The van der Waals surface area contributed by atoms with Gasteiger partial charge in [-0.1, -0.05) is 35.2 Å². The van der Waals surface area contributed by atoms with Crippen LogP contribution >= 0.6 is 23.1 Å². The van der Waals surface area contributed by atoms with E-state index in [0.717, 1.165) is 28.6 Å². The minimum Gasteiger partial charge on any atom is -0.283 e. The first-order chi connectivity index (χ1) is 14.2. The van der Waals surface area contributed by atoms with E-state index in [2.05, 4.69) is 22.3 Å². The first-order valence-corrected chi connectivity index (χ1v) is 11.1. The molecule has 0 unspecified atom stereocenters. The van der Waals surface area contributed by atoms with Gasteiger partial charge >= 0.3 is 0 Å². The van der Waals surface area contributed by atoms with Gasteiger partial charge in [0.25, 0.3) is 11.1 Å². The van der Waals surface area contributed by atoms with Crippen molar-refractivity contribution in [3.8, 4) is 0 Å². The van der Waals surface area contributed by atoms with E-state index >= 15 is 0 Å². The molecule has 3 heterocycles. The monoisotopic (exact) mass is 423 g/mol. The van der Waals surface area contributed by atoms with Gasteiger partial charge in [0.15, 0.2) is 5.16 Å². The lowest BCUT2D eigenvalue weighted by Gasteiger charge is -2.11. The highest BCUT2D eigenvalue weighted by molar-refractivity contribution is 7.98. The summed E-state index contributed by atoms with van der Waals surface area (Å²) in [7, 11) is 0. The Morgan fingerprint density at radius 2 is 2.07 bits per heavy atom. The third-order valence-corrected chi connectivity index (χ3v) is 6.80. The average molecular weight is 424 g/mol. The number of fused-ring (bicyclic) bond motifs is 2. The number of rotatable bonds is 6. The summed E-state index contributed by atoms with van der Waals surface area (Å²) >= 11 is 2.80. The number of hydrogen-bond acceptors (Lipinski definition) is 7. The van der Waals surface area contributed by atoms with E-state index in [1.807, 2.05) is 6.07 Å². The van der Waals surface area contributed by atoms with E-state index in [1.165, 1.54) is 27.8 Å². The summed E-state index contributed by atoms with van der Waals surface area (Å²) in [6.07, 6.45) is 3.95. The number of thiophene rings is 1. The van der Waals surface area contributed by atoms with Gasteiger partial charge in [-0.05, 0) is 41.8 Å². The summed E-state index contributed by atoms with van der Waals surface area (Å²) in [5.74, 6) is 0.701. The van der Waals surface area contributed by atoms with Crippen molar-refractivity contribution in [3.63, 3.8) is 0 Å². The van der Waals surface area contributed by atoms with Crippen molar-refractivity contribution in [1.29, 1.82) is 0 Å². The average Bonchev–Trinajstić information content (AvgIpc) is 3.49. The van der Waals surface area contributed by atoms with Gasteiger partial charge in [-0.2, -0.15) is 4.68 Å². The predicted molar refractivity (Wildman–Crippen MR) is 116 cm³/mol. The van der Waals surface area contributed by atoms with E-state index in [-0.39, 0.29) is 17.0 Å². The van der Waals surface area contributed by atoms with Crippen LogP contribution in [0.15, 0.2) is 57.0 Å². The van der Waals surface area contributed by atoms with E-state index in [4.69, 9.17) is 4.98 Å². The van der Waals surface area contributed by atoms with E-state index in [0.29, 0.717) is 28.5 Å². The van der Waals surface area contributed by atoms with E-state index in [1.54, 1.807) is 28.8 Å². The Balaban J connectivity index is 1.54. The number of thioether (sulfide) groups is 1. The molecule has 0 radical (unpaired) electrons. The molecule has 0 saturated heterocycles. The first kappa shape index (κ1) is 18.3. The maximum absolute atomic E-state index is 13.2.